The predicted octanol–water partition coefficient (Wildman–Crippen LogP) is 3.78. The van der Waals surface area contributed by atoms with E-state index in [0.29, 0.717) is 17.8 Å². The van der Waals surface area contributed by atoms with E-state index >= 15 is 0 Å². The molecular weight excluding hydrogens is 504 g/mol. The fraction of sp³-hybridized carbons (Fsp3) is 0.407. The highest BCUT2D eigenvalue weighted by molar-refractivity contribution is 5.96. The lowest BCUT2D eigenvalue weighted by atomic mass is 10.1. The molecule has 5 amide bonds. The van der Waals surface area contributed by atoms with E-state index in [-0.39, 0.29) is 19.6 Å². The average Bonchev–Trinajstić information content (AvgIpc) is 2.88. The molecule has 2 rings (SSSR count). The Morgan fingerprint density at radius 1 is 1.03 bits per heavy atom. The highest BCUT2D eigenvalue weighted by Crippen LogP contribution is 2.24. The normalized spacial score (nSPS) is 11.5. The SMILES string of the molecule is CNc1ccccc1N(C)C(=O)OCc1ccc(NC(=O)[C@H](CCCNC(N)=O)NC(=O)OC(C)(C)C)cc1. The lowest BCUT2D eigenvalue weighted by molar-refractivity contribution is -0.118. The number of anilines is 3. The summed E-state index contributed by atoms with van der Waals surface area (Å²) in [7, 11) is 3.40. The molecule has 2 aromatic carbocycles. The number of rotatable bonds is 11. The number of nitrogens with zero attached hydrogens (tertiary/aromatic N) is 1. The minimum atomic E-state index is -0.911. The number of carbonyl (C=O) groups excluding carboxylic acids is 4. The summed E-state index contributed by atoms with van der Waals surface area (Å²) in [6.07, 6.45) is -0.611. The van der Waals surface area contributed by atoms with Crippen molar-refractivity contribution in [3.05, 3.63) is 54.1 Å². The average molecular weight is 543 g/mol. The van der Waals surface area contributed by atoms with Gasteiger partial charge in [-0.15, -0.1) is 0 Å². The van der Waals surface area contributed by atoms with Crippen molar-refractivity contribution in [2.75, 3.05) is 36.2 Å². The fourth-order valence-corrected chi connectivity index (χ4v) is 3.47. The third-order valence-electron chi connectivity index (χ3n) is 5.37. The van der Waals surface area contributed by atoms with Crippen LogP contribution in [0.2, 0.25) is 0 Å². The number of carbonyl (C=O) groups is 4. The van der Waals surface area contributed by atoms with Crippen LogP contribution in [0.4, 0.5) is 31.4 Å². The van der Waals surface area contributed by atoms with Crippen molar-refractivity contribution in [1.29, 1.82) is 0 Å². The minimum Gasteiger partial charge on any atom is -0.444 e. The number of hydrogen-bond donors (Lipinski definition) is 5. The Balaban J connectivity index is 1.96. The standard InChI is InChI=1S/C27H38N6O6/c1-27(2,3)39-25(36)32-21(10-8-16-30-24(28)35)23(34)31-19-14-12-18(13-15-19)17-38-26(37)33(5)22-11-7-6-9-20(22)29-4/h6-7,9,11-15,21,29H,8,10,16-17H2,1-5H3,(H,31,34)(H,32,36)(H3,28,30,35)/t21-/m0/s1. The molecule has 0 aromatic heterocycles. The van der Waals surface area contributed by atoms with Crippen molar-refractivity contribution in [2.24, 2.45) is 5.73 Å². The molecule has 0 heterocycles. The highest BCUT2D eigenvalue weighted by atomic mass is 16.6. The molecule has 0 bridgehead atoms. The van der Waals surface area contributed by atoms with E-state index in [4.69, 9.17) is 15.2 Å². The number of urea groups is 1. The van der Waals surface area contributed by atoms with Crippen LogP contribution in [0.25, 0.3) is 0 Å². The first-order valence-corrected chi connectivity index (χ1v) is 12.5. The van der Waals surface area contributed by atoms with Gasteiger partial charge >= 0.3 is 18.2 Å². The van der Waals surface area contributed by atoms with E-state index in [2.05, 4.69) is 21.3 Å². The van der Waals surface area contributed by atoms with Gasteiger partial charge in [-0.05, 0) is 63.4 Å². The topological polar surface area (TPSA) is 164 Å². The van der Waals surface area contributed by atoms with Gasteiger partial charge in [-0.25, -0.2) is 14.4 Å². The quantitative estimate of drug-likeness (QED) is 0.270. The Morgan fingerprint density at radius 2 is 1.69 bits per heavy atom. The maximum Gasteiger partial charge on any atom is 0.414 e. The molecule has 0 unspecified atom stereocenters. The minimum absolute atomic E-state index is 0.0365. The van der Waals surface area contributed by atoms with E-state index in [1.54, 1.807) is 59.1 Å². The number of alkyl carbamates (subject to hydrolysis) is 1. The van der Waals surface area contributed by atoms with E-state index in [9.17, 15) is 19.2 Å². The van der Waals surface area contributed by atoms with Crippen molar-refractivity contribution in [3.63, 3.8) is 0 Å². The zero-order valence-electron chi connectivity index (χ0n) is 23.0. The van der Waals surface area contributed by atoms with Crippen LogP contribution in [0.5, 0.6) is 0 Å². The van der Waals surface area contributed by atoms with E-state index in [0.717, 1.165) is 11.3 Å². The molecule has 39 heavy (non-hydrogen) atoms. The van der Waals surface area contributed by atoms with E-state index in [1.807, 2.05) is 24.3 Å². The molecule has 1 atom stereocenters. The van der Waals surface area contributed by atoms with Crippen LogP contribution in [0.1, 0.15) is 39.2 Å². The zero-order chi connectivity index (χ0) is 29.0. The monoisotopic (exact) mass is 542 g/mol. The number of para-hydroxylation sites is 2. The second-order valence-electron chi connectivity index (χ2n) is 9.70. The first-order valence-electron chi connectivity index (χ1n) is 12.5. The number of ether oxygens (including phenoxy) is 2. The Kier molecular flexibility index (Phi) is 11.4. The van der Waals surface area contributed by atoms with Crippen LogP contribution in [0, 0.1) is 0 Å². The number of benzene rings is 2. The van der Waals surface area contributed by atoms with Gasteiger partial charge in [0.2, 0.25) is 5.91 Å². The summed E-state index contributed by atoms with van der Waals surface area (Å²) in [5.41, 5.74) is 7.02. The number of nitrogens with two attached hydrogens (primary N) is 1. The summed E-state index contributed by atoms with van der Waals surface area (Å²) in [6, 6.07) is 12.6. The van der Waals surface area contributed by atoms with Crippen LogP contribution < -0.4 is 31.9 Å². The van der Waals surface area contributed by atoms with Crippen LogP contribution in [-0.2, 0) is 20.9 Å². The van der Waals surface area contributed by atoms with Gasteiger partial charge in [-0.3, -0.25) is 9.69 Å². The Hall–Kier alpha value is -4.48. The lowest BCUT2D eigenvalue weighted by Crippen LogP contribution is -2.46. The number of primary amides is 1. The molecule has 2 aromatic rings. The van der Waals surface area contributed by atoms with Crippen molar-refractivity contribution in [1.82, 2.24) is 10.6 Å². The Labute approximate surface area is 228 Å². The molecule has 0 saturated heterocycles. The van der Waals surface area contributed by atoms with Gasteiger partial charge < -0.3 is 36.5 Å². The molecule has 12 nitrogen and oxygen atoms in total. The number of hydrogen-bond acceptors (Lipinski definition) is 7. The largest absolute Gasteiger partial charge is 0.444 e. The molecule has 0 spiro atoms. The van der Waals surface area contributed by atoms with Crippen LogP contribution in [0.3, 0.4) is 0 Å². The fourth-order valence-electron chi connectivity index (χ4n) is 3.47. The summed E-state index contributed by atoms with van der Waals surface area (Å²) < 4.78 is 10.7. The molecule has 0 radical (unpaired) electrons. The molecule has 0 fully saturated rings. The Morgan fingerprint density at radius 3 is 2.31 bits per heavy atom. The lowest BCUT2D eigenvalue weighted by Gasteiger charge is -2.23. The van der Waals surface area contributed by atoms with E-state index < -0.39 is 35.8 Å². The summed E-state index contributed by atoms with van der Waals surface area (Å²) in [5, 5.41) is 10.8. The van der Waals surface area contributed by atoms with Gasteiger partial charge in [0.15, 0.2) is 0 Å². The van der Waals surface area contributed by atoms with Gasteiger partial charge in [-0.1, -0.05) is 24.3 Å². The highest BCUT2D eigenvalue weighted by Gasteiger charge is 2.24. The van der Waals surface area contributed by atoms with E-state index in [1.165, 1.54) is 4.90 Å². The molecule has 12 heteroatoms. The third-order valence-corrected chi connectivity index (χ3v) is 5.37. The molecule has 0 aliphatic carbocycles. The van der Waals surface area contributed by atoms with Gasteiger partial charge in [0, 0.05) is 26.3 Å². The molecule has 0 saturated carbocycles. The third kappa shape index (κ3) is 10.8. The van der Waals surface area contributed by atoms with Gasteiger partial charge in [-0.2, -0.15) is 0 Å². The smallest absolute Gasteiger partial charge is 0.414 e. The summed E-state index contributed by atoms with van der Waals surface area (Å²) in [5.74, 6) is -0.455. The van der Waals surface area contributed by atoms with Crippen molar-refractivity contribution >= 4 is 41.2 Å². The Bertz CT molecular complexity index is 1130. The summed E-state index contributed by atoms with van der Waals surface area (Å²) in [4.78, 5) is 50.0. The van der Waals surface area contributed by atoms with Crippen molar-refractivity contribution in [3.8, 4) is 0 Å². The van der Waals surface area contributed by atoms with Crippen molar-refractivity contribution in [2.45, 2.75) is 51.9 Å². The molecule has 212 valence electrons. The number of amides is 5. The molecule has 6 N–H and O–H groups in total. The molecule has 0 aliphatic heterocycles. The number of nitrogens with one attached hydrogen (secondary N) is 4. The zero-order valence-corrected chi connectivity index (χ0v) is 23.0. The summed E-state index contributed by atoms with van der Waals surface area (Å²) in [6.45, 7) is 5.44. The maximum absolute atomic E-state index is 12.9. The first-order chi connectivity index (χ1) is 18.4. The molecule has 0 aliphatic rings. The van der Waals surface area contributed by atoms with Gasteiger partial charge in [0.25, 0.3) is 0 Å². The van der Waals surface area contributed by atoms with Crippen LogP contribution >= 0.6 is 0 Å². The second-order valence-corrected chi connectivity index (χ2v) is 9.70. The predicted molar refractivity (Wildman–Crippen MR) is 150 cm³/mol. The maximum atomic E-state index is 12.9. The first kappa shape index (κ1) is 30.7. The van der Waals surface area contributed by atoms with Crippen LogP contribution in [0.15, 0.2) is 48.5 Å². The summed E-state index contributed by atoms with van der Waals surface area (Å²) >= 11 is 0. The van der Waals surface area contributed by atoms with Crippen molar-refractivity contribution < 1.29 is 28.7 Å². The molecular formula is C27H38N6O6. The van der Waals surface area contributed by atoms with Crippen LogP contribution in [-0.4, -0.2) is 56.4 Å². The van der Waals surface area contributed by atoms with Gasteiger partial charge in [0.1, 0.15) is 18.2 Å². The van der Waals surface area contributed by atoms with Gasteiger partial charge in [0.05, 0.1) is 11.4 Å². The second kappa shape index (κ2) is 14.5.